The summed E-state index contributed by atoms with van der Waals surface area (Å²) in [4.78, 5) is 4.23. The van der Waals surface area contributed by atoms with Crippen LogP contribution in [0.25, 0.3) is 0 Å². The lowest BCUT2D eigenvalue weighted by Gasteiger charge is -2.16. The molecular formula is C10H13ClN4O2S2. The third kappa shape index (κ3) is 2.81. The van der Waals surface area contributed by atoms with Gasteiger partial charge < -0.3 is 0 Å². The van der Waals surface area contributed by atoms with Crippen LogP contribution in [0, 0.1) is 6.92 Å². The van der Waals surface area contributed by atoms with Gasteiger partial charge in [0.25, 0.3) is 0 Å². The zero-order valence-electron chi connectivity index (χ0n) is 10.4. The lowest BCUT2D eigenvalue weighted by atomic mass is 10.4. The van der Waals surface area contributed by atoms with Crippen molar-refractivity contribution in [3.05, 3.63) is 28.0 Å². The van der Waals surface area contributed by atoms with Gasteiger partial charge >= 0.3 is 0 Å². The van der Waals surface area contributed by atoms with E-state index < -0.39 is 10.0 Å². The van der Waals surface area contributed by atoms with E-state index in [2.05, 4.69) is 15.2 Å². The van der Waals surface area contributed by atoms with E-state index in [0.717, 1.165) is 0 Å². The number of halogens is 1. The summed E-state index contributed by atoms with van der Waals surface area (Å²) in [6.45, 7) is 1.88. The third-order valence-electron chi connectivity index (χ3n) is 2.62. The van der Waals surface area contributed by atoms with Crippen LogP contribution < -0.4 is 0 Å². The van der Waals surface area contributed by atoms with E-state index in [9.17, 15) is 8.42 Å². The summed E-state index contributed by atoms with van der Waals surface area (Å²) >= 11 is 7.15. The van der Waals surface area contributed by atoms with E-state index in [1.807, 2.05) is 5.38 Å². The van der Waals surface area contributed by atoms with Crippen LogP contribution in [-0.2, 0) is 22.4 Å². The van der Waals surface area contributed by atoms with Crippen molar-refractivity contribution in [1.29, 1.82) is 0 Å². The molecule has 9 heteroatoms. The van der Waals surface area contributed by atoms with Crippen LogP contribution in [0.4, 0.5) is 0 Å². The first kappa shape index (κ1) is 14.4. The molecule has 0 aliphatic carbocycles. The summed E-state index contributed by atoms with van der Waals surface area (Å²) in [6.07, 6.45) is 0. The molecule has 0 aliphatic heterocycles. The van der Waals surface area contributed by atoms with E-state index in [0.29, 0.717) is 17.1 Å². The molecule has 6 nitrogen and oxygen atoms in total. The molecule has 0 spiro atoms. The monoisotopic (exact) mass is 320 g/mol. The molecule has 0 atom stereocenters. The largest absolute Gasteiger partial charge is 0.281 e. The minimum absolute atomic E-state index is 0.0451. The predicted molar refractivity (Wildman–Crippen MR) is 73.6 cm³/mol. The smallest absolute Gasteiger partial charge is 0.246 e. The van der Waals surface area contributed by atoms with Gasteiger partial charge in [-0.05, 0) is 6.92 Å². The predicted octanol–water partition coefficient (Wildman–Crippen LogP) is 1.73. The fraction of sp³-hybridized carbons (Fsp3) is 0.400. The quantitative estimate of drug-likeness (QED) is 0.851. The van der Waals surface area contributed by atoms with Gasteiger partial charge in [0.15, 0.2) is 0 Å². The molecule has 2 heterocycles. The van der Waals surface area contributed by atoms with Crippen LogP contribution in [0.2, 0.25) is 0 Å². The average molecular weight is 321 g/mol. The maximum atomic E-state index is 12.5. The minimum Gasteiger partial charge on any atom is -0.281 e. The Bertz CT molecular complexity index is 651. The fourth-order valence-electron chi connectivity index (χ4n) is 1.69. The first-order valence-corrected chi connectivity index (χ1v) is 8.31. The number of hydrogen-bond acceptors (Lipinski definition) is 5. The van der Waals surface area contributed by atoms with E-state index in [1.165, 1.54) is 22.7 Å². The summed E-state index contributed by atoms with van der Waals surface area (Å²) < 4.78 is 26.3. The highest BCUT2D eigenvalue weighted by atomic mass is 35.5. The Kier molecular flexibility index (Phi) is 4.24. The number of nitrogens with one attached hydrogen (secondary N) is 1. The molecule has 0 bridgehead atoms. The maximum Gasteiger partial charge on any atom is 0.246 e. The molecule has 0 saturated heterocycles. The number of rotatable bonds is 5. The summed E-state index contributed by atoms with van der Waals surface area (Å²) in [6, 6.07) is 0. The Morgan fingerprint density at radius 2 is 2.26 bits per heavy atom. The van der Waals surface area contributed by atoms with Crippen molar-refractivity contribution in [2.45, 2.75) is 24.2 Å². The number of thiazole rings is 1. The van der Waals surface area contributed by atoms with Crippen LogP contribution in [0.1, 0.15) is 17.1 Å². The molecule has 0 fully saturated rings. The Balaban J connectivity index is 2.33. The molecular weight excluding hydrogens is 308 g/mol. The SMILES string of the molecule is Cc1[nH]nc(CCl)c1S(=O)(=O)N(C)Cc1cscn1. The van der Waals surface area contributed by atoms with Crippen molar-refractivity contribution < 1.29 is 8.42 Å². The first-order valence-electron chi connectivity index (χ1n) is 5.40. The lowest BCUT2D eigenvalue weighted by molar-refractivity contribution is 0.462. The van der Waals surface area contributed by atoms with E-state index >= 15 is 0 Å². The van der Waals surface area contributed by atoms with Gasteiger partial charge in [0.05, 0.1) is 35.0 Å². The number of aryl methyl sites for hydroxylation is 1. The van der Waals surface area contributed by atoms with E-state index in [1.54, 1.807) is 12.4 Å². The van der Waals surface area contributed by atoms with Crippen molar-refractivity contribution >= 4 is 33.0 Å². The van der Waals surface area contributed by atoms with Crippen molar-refractivity contribution in [2.24, 2.45) is 0 Å². The lowest BCUT2D eigenvalue weighted by Crippen LogP contribution is -2.27. The Morgan fingerprint density at radius 1 is 1.53 bits per heavy atom. The standard InChI is InChI=1S/C10H13ClN4O2S2/c1-7-10(9(3-11)14-13-7)19(16,17)15(2)4-8-5-18-6-12-8/h5-6H,3-4H2,1-2H3,(H,13,14). The van der Waals surface area contributed by atoms with Crippen molar-refractivity contribution in [3.63, 3.8) is 0 Å². The number of aromatic amines is 1. The number of hydrogen-bond donors (Lipinski definition) is 1. The van der Waals surface area contributed by atoms with Crippen molar-refractivity contribution in [1.82, 2.24) is 19.5 Å². The Labute approximate surface area is 120 Å². The van der Waals surface area contributed by atoms with Gasteiger partial charge in [-0.3, -0.25) is 5.10 Å². The molecule has 2 aromatic rings. The average Bonchev–Trinajstić information content (AvgIpc) is 2.98. The summed E-state index contributed by atoms with van der Waals surface area (Å²) in [5.74, 6) is 0.0451. The van der Waals surface area contributed by atoms with E-state index in [4.69, 9.17) is 11.6 Å². The molecule has 0 amide bonds. The van der Waals surface area contributed by atoms with Gasteiger partial charge in [-0.25, -0.2) is 13.4 Å². The second-order valence-corrected chi connectivity index (χ2v) is 6.97. The molecule has 104 valence electrons. The first-order chi connectivity index (χ1) is 8.96. The molecule has 19 heavy (non-hydrogen) atoms. The van der Waals surface area contributed by atoms with Crippen LogP contribution in [-0.4, -0.2) is 35.0 Å². The number of sulfonamides is 1. The number of H-pyrrole nitrogens is 1. The van der Waals surface area contributed by atoms with E-state index in [-0.39, 0.29) is 17.3 Å². The van der Waals surface area contributed by atoms with Gasteiger partial charge in [-0.15, -0.1) is 22.9 Å². The molecule has 2 rings (SSSR count). The fourth-order valence-corrected chi connectivity index (χ4v) is 3.97. The van der Waals surface area contributed by atoms with Gasteiger partial charge in [0, 0.05) is 12.4 Å². The van der Waals surface area contributed by atoms with Crippen molar-refractivity contribution in [3.8, 4) is 0 Å². The van der Waals surface area contributed by atoms with Crippen LogP contribution in [0.15, 0.2) is 15.8 Å². The zero-order valence-corrected chi connectivity index (χ0v) is 12.8. The van der Waals surface area contributed by atoms with Crippen LogP contribution >= 0.6 is 22.9 Å². The highest BCUT2D eigenvalue weighted by Gasteiger charge is 2.28. The Morgan fingerprint density at radius 3 is 2.84 bits per heavy atom. The third-order valence-corrected chi connectivity index (χ3v) is 5.52. The molecule has 0 saturated carbocycles. The summed E-state index contributed by atoms with van der Waals surface area (Å²) in [7, 11) is -2.11. The van der Waals surface area contributed by atoms with Gasteiger partial charge in [0.2, 0.25) is 10.0 Å². The zero-order chi connectivity index (χ0) is 14.0. The molecule has 0 unspecified atom stereocenters. The van der Waals surface area contributed by atoms with Crippen LogP contribution in [0.3, 0.4) is 0 Å². The molecule has 1 N–H and O–H groups in total. The number of nitrogens with zero attached hydrogens (tertiary/aromatic N) is 3. The van der Waals surface area contributed by atoms with Gasteiger partial charge in [-0.1, -0.05) is 0 Å². The number of aromatic nitrogens is 3. The Hall–Kier alpha value is -0.960. The van der Waals surface area contributed by atoms with Crippen molar-refractivity contribution in [2.75, 3.05) is 7.05 Å². The van der Waals surface area contributed by atoms with Gasteiger partial charge in [-0.2, -0.15) is 9.40 Å². The minimum atomic E-state index is -3.63. The highest BCUT2D eigenvalue weighted by molar-refractivity contribution is 7.89. The molecule has 0 radical (unpaired) electrons. The summed E-state index contributed by atoms with van der Waals surface area (Å²) in [5.41, 5.74) is 3.21. The maximum absolute atomic E-state index is 12.5. The molecule has 0 aliphatic rings. The number of alkyl halides is 1. The highest BCUT2D eigenvalue weighted by Crippen LogP contribution is 2.23. The topological polar surface area (TPSA) is 79.0 Å². The molecule has 2 aromatic heterocycles. The second-order valence-electron chi connectivity index (χ2n) is 4.00. The van der Waals surface area contributed by atoms with Gasteiger partial charge in [0.1, 0.15) is 4.90 Å². The summed E-state index contributed by atoms with van der Waals surface area (Å²) in [5, 5.41) is 8.37. The molecule has 0 aromatic carbocycles. The van der Waals surface area contributed by atoms with Crippen LogP contribution in [0.5, 0.6) is 0 Å². The normalized spacial score (nSPS) is 12.2. The second kappa shape index (κ2) is 5.58.